The Kier molecular flexibility index (Phi) is 3.80. The summed E-state index contributed by atoms with van der Waals surface area (Å²) < 4.78 is 6.88. The number of aliphatic hydroxyl groups is 2. The first kappa shape index (κ1) is 14.9. The van der Waals surface area contributed by atoms with Gasteiger partial charge in [0, 0.05) is 0 Å². The van der Waals surface area contributed by atoms with Crippen LogP contribution in [-0.2, 0) is 14.5 Å². The summed E-state index contributed by atoms with van der Waals surface area (Å²) in [6, 6.07) is 0. The Labute approximate surface area is 123 Å². The Morgan fingerprint density at radius 2 is 2.27 bits per heavy atom. The highest BCUT2D eigenvalue weighted by Gasteiger charge is 2.44. The van der Waals surface area contributed by atoms with Crippen molar-refractivity contribution in [1.29, 1.82) is 0 Å². The zero-order chi connectivity index (χ0) is 15.9. The molecule has 1 aliphatic heterocycles. The molecule has 22 heavy (non-hydrogen) atoms. The normalized spacial score (nSPS) is 28.5. The largest absolute Gasteiger partial charge is 0.387 e. The second kappa shape index (κ2) is 5.62. The summed E-state index contributed by atoms with van der Waals surface area (Å²) in [5.74, 6) is -0.0912. The molecule has 11 nitrogen and oxygen atoms in total. The number of aromatic nitrogens is 4. The Hall–Kier alpha value is -2.05. The minimum Gasteiger partial charge on any atom is -0.387 e. The van der Waals surface area contributed by atoms with E-state index in [0.717, 1.165) is 0 Å². The van der Waals surface area contributed by atoms with Crippen LogP contribution in [-0.4, -0.2) is 61.8 Å². The summed E-state index contributed by atoms with van der Waals surface area (Å²) in [6.07, 6.45) is -2.97. The molecule has 1 fully saturated rings. The molecule has 2 aromatic rings. The molecule has 0 saturated carbocycles. The molecule has 0 aliphatic carbocycles. The summed E-state index contributed by atoms with van der Waals surface area (Å²) in [5, 5.41) is 20.1. The van der Waals surface area contributed by atoms with Crippen LogP contribution >= 0.6 is 0 Å². The third-order valence-corrected chi connectivity index (χ3v) is 3.41. The number of rotatable bonds is 4. The number of H-pyrrole nitrogens is 1. The number of hydrogen-bond acceptors (Lipinski definition) is 9. The van der Waals surface area contributed by atoms with Crippen LogP contribution in [0.5, 0.6) is 0 Å². The van der Waals surface area contributed by atoms with Gasteiger partial charge < -0.3 is 20.7 Å². The van der Waals surface area contributed by atoms with Crippen LogP contribution in [0.4, 0.5) is 5.95 Å². The number of nitrogens with zero attached hydrogens (tertiary/aromatic N) is 3. The number of nitrogens with one attached hydrogen (secondary N) is 1. The molecule has 0 amide bonds. The molecular formula is C11H15N5O6. The third-order valence-electron chi connectivity index (χ3n) is 3.41. The van der Waals surface area contributed by atoms with E-state index in [2.05, 4.69) is 19.8 Å². The zero-order valence-corrected chi connectivity index (χ0v) is 11.5. The van der Waals surface area contributed by atoms with Gasteiger partial charge in [0.05, 0.1) is 13.4 Å². The van der Waals surface area contributed by atoms with E-state index in [9.17, 15) is 15.0 Å². The second-order valence-electron chi connectivity index (χ2n) is 4.77. The van der Waals surface area contributed by atoms with Gasteiger partial charge in [-0.3, -0.25) is 14.3 Å². The monoisotopic (exact) mass is 313 g/mol. The summed E-state index contributed by atoms with van der Waals surface area (Å²) in [6.45, 7) is -0.0754. The highest BCUT2D eigenvalue weighted by Crippen LogP contribution is 2.31. The molecule has 1 saturated heterocycles. The SMILES string of the molecule is COOC[C@H]1O[C@@H](n2cnc3c(=O)[nH]c(N)nc32)[C@H](O)[C@@H]1O. The first-order chi connectivity index (χ1) is 10.5. The van der Waals surface area contributed by atoms with Gasteiger partial charge in [0.25, 0.3) is 5.56 Å². The van der Waals surface area contributed by atoms with Crippen molar-refractivity contribution in [3.8, 4) is 0 Å². The molecule has 0 spiro atoms. The molecule has 2 aromatic heterocycles. The molecular weight excluding hydrogens is 298 g/mol. The molecule has 4 atom stereocenters. The van der Waals surface area contributed by atoms with Crippen LogP contribution < -0.4 is 11.3 Å². The van der Waals surface area contributed by atoms with Crippen molar-refractivity contribution in [2.24, 2.45) is 0 Å². The van der Waals surface area contributed by atoms with Gasteiger partial charge in [-0.05, 0) is 0 Å². The molecule has 5 N–H and O–H groups in total. The lowest BCUT2D eigenvalue weighted by atomic mass is 10.1. The lowest BCUT2D eigenvalue weighted by Crippen LogP contribution is -2.33. The number of aliphatic hydroxyl groups excluding tert-OH is 2. The minimum atomic E-state index is -1.26. The fourth-order valence-electron chi connectivity index (χ4n) is 2.36. The van der Waals surface area contributed by atoms with E-state index in [4.69, 9.17) is 15.4 Å². The Balaban J connectivity index is 1.96. The molecule has 0 radical (unpaired) electrons. The number of hydrogen-bond donors (Lipinski definition) is 4. The topological polar surface area (TPSA) is 158 Å². The van der Waals surface area contributed by atoms with E-state index >= 15 is 0 Å². The average molecular weight is 313 g/mol. The van der Waals surface area contributed by atoms with Crippen molar-refractivity contribution in [2.45, 2.75) is 24.5 Å². The van der Waals surface area contributed by atoms with Gasteiger partial charge in [-0.1, -0.05) is 0 Å². The minimum absolute atomic E-state index is 0.0519. The van der Waals surface area contributed by atoms with E-state index < -0.39 is 30.1 Å². The molecule has 3 heterocycles. The maximum atomic E-state index is 11.7. The van der Waals surface area contributed by atoms with E-state index in [1.54, 1.807) is 0 Å². The van der Waals surface area contributed by atoms with Crippen LogP contribution in [0.2, 0.25) is 0 Å². The van der Waals surface area contributed by atoms with Crippen molar-refractivity contribution in [3.63, 3.8) is 0 Å². The summed E-state index contributed by atoms with van der Waals surface area (Å²) in [7, 11) is 1.32. The average Bonchev–Trinajstić information content (AvgIpc) is 3.00. The number of nitrogens with two attached hydrogens (primary N) is 1. The van der Waals surface area contributed by atoms with E-state index in [0.29, 0.717) is 0 Å². The molecule has 3 rings (SSSR count). The standard InChI is InChI=1S/C11H15N5O6/c1-20-21-2-4-6(17)7(18)10(22-4)16-3-13-5-8(16)14-11(12)15-9(5)19/h3-4,6-7,10,17-18H,2H2,1H3,(H3,12,14,15,19)/t4-,6-,7-,10-/m1/s1. The fourth-order valence-corrected chi connectivity index (χ4v) is 2.36. The first-order valence-corrected chi connectivity index (χ1v) is 6.42. The molecule has 0 unspecified atom stereocenters. The highest BCUT2D eigenvalue weighted by molar-refractivity contribution is 5.70. The van der Waals surface area contributed by atoms with E-state index in [-0.39, 0.29) is 23.7 Å². The Morgan fingerprint density at radius 1 is 1.50 bits per heavy atom. The molecule has 11 heteroatoms. The number of nitrogen functional groups attached to an aromatic ring is 1. The lowest BCUT2D eigenvalue weighted by molar-refractivity contribution is -0.290. The summed E-state index contributed by atoms with van der Waals surface area (Å²) >= 11 is 0. The molecule has 0 aromatic carbocycles. The van der Waals surface area contributed by atoms with Gasteiger partial charge in [-0.2, -0.15) is 4.98 Å². The number of aromatic amines is 1. The van der Waals surface area contributed by atoms with Crippen molar-refractivity contribution in [2.75, 3.05) is 19.5 Å². The number of anilines is 1. The maximum absolute atomic E-state index is 11.7. The molecule has 120 valence electrons. The molecule has 1 aliphatic rings. The first-order valence-electron chi connectivity index (χ1n) is 6.42. The quantitative estimate of drug-likeness (QED) is 0.366. The summed E-state index contributed by atoms with van der Waals surface area (Å²) in [4.78, 5) is 31.1. The Bertz CT molecular complexity index is 729. The van der Waals surface area contributed by atoms with Crippen molar-refractivity contribution in [1.82, 2.24) is 19.5 Å². The second-order valence-corrected chi connectivity index (χ2v) is 4.77. The van der Waals surface area contributed by atoms with Gasteiger partial charge >= 0.3 is 0 Å². The lowest BCUT2D eigenvalue weighted by Gasteiger charge is -2.16. The number of ether oxygens (including phenoxy) is 1. The smallest absolute Gasteiger partial charge is 0.280 e. The van der Waals surface area contributed by atoms with Crippen LogP contribution in [0.1, 0.15) is 6.23 Å². The van der Waals surface area contributed by atoms with Crippen molar-refractivity contribution < 1.29 is 24.7 Å². The van der Waals surface area contributed by atoms with Crippen molar-refractivity contribution >= 4 is 17.1 Å². The van der Waals surface area contributed by atoms with Crippen LogP contribution in [0, 0.1) is 0 Å². The highest BCUT2D eigenvalue weighted by atomic mass is 17.2. The zero-order valence-electron chi connectivity index (χ0n) is 11.5. The van der Waals surface area contributed by atoms with E-state index in [1.807, 2.05) is 0 Å². The summed E-state index contributed by atoms with van der Waals surface area (Å²) in [5.41, 5.74) is 5.20. The van der Waals surface area contributed by atoms with Gasteiger partial charge in [-0.15, -0.1) is 0 Å². The van der Waals surface area contributed by atoms with E-state index in [1.165, 1.54) is 18.0 Å². The van der Waals surface area contributed by atoms with Crippen LogP contribution in [0.25, 0.3) is 11.2 Å². The van der Waals surface area contributed by atoms with Gasteiger partial charge in [0.1, 0.15) is 24.9 Å². The van der Waals surface area contributed by atoms with Crippen molar-refractivity contribution in [3.05, 3.63) is 16.7 Å². The molecule has 0 bridgehead atoms. The number of imidazole rings is 1. The predicted molar refractivity (Wildman–Crippen MR) is 71.4 cm³/mol. The van der Waals surface area contributed by atoms with Gasteiger partial charge in [0.2, 0.25) is 5.95 Å². The number of fused-ring (bicyclic) bond motifs is 1. The van der Waals surface area contributed by atoms with Gasteiger partial charge in [0.15, 0.2) is 17.4 Å². The fraction of sp³-hybridized carbons (Fsp3) is 0.545. The third kappa shape index (κ3) is 2.34. The maximum Gasteiger partial charge on any atom is 0.280 e. The van der Waals surface area contributed by atoms with Crippen LogP contribution in [0.15, 0.2) is 11.1 Å². The van der Waals surface area contributed by atoms with Crippen LogP contribution in [0.3, 0.4) is 0 Å². The predicted octanol–water partition coefficient (Wildman–Crippen LogP) is -2.10. The van der Waals surface area contributed by atoms with Gasteiger partial charge in [-0.25, -0.2) is 14.8 Å². The Morgan fingerprint density at radius 3 is 3.00 bits per heavy atom.